The first-order valence-electron chi connectivity index (χ1n) is 5.04. The van der Waals surface area contributed by atoms with Crippen molar-refractivity contribution in [3.05, 3.63) is 0 Å². The third kappa shape index (κ3) is 3.36. The van der Waals surface area contributed by atoms with E-state index in [-0.39, 0.29) is 26.1 Å². The molecule has 0 aromatic heterocycles. The third-order valence-corrected chi connectivity index (χ3v) is 4.51. The summed E-state index contributed by atoms with van der Waals surface area (Å²) in [5.41, 5.74) is 0. The van der Waals surface area contributed by atoms with Gasteiger partial charge < -0.3 is 15.3 Å². The smallest absolute Gasteiger partial charge is 0.304 e. The molecule has 9 heteroatoms. The maximum absolute atomic E-state index is 11.9. The van der Waals surface area contributed by atoms with Crippen LogP contribution < -0.4 is 0 Å². The molecule has 0 spiro atoms. The van der Waals surface area contributed by atoms with Crippen LogP contribution >= 0.6 is 0 Å². The average Bonchev–Trinajstić information content (AvgIpc) is 2.56. The molecule has 0 saturated carbocycles. The number of nitrogens with zero attached hydrogens (tertiary/aromatic N) is 2. The van der Waals surface area contributed by atoms with Crippen LogP contribution in [0.1, 0.15) is 6.42 Å². The Hall–Kier alpha value is -0.740. The molecule has 8 nitrogen and oxygen atoms in total. The molecule has 0 bridgehead atoms. The molecule has 1 heterocycles. The zero-order valence-electron chi connectivity index (χ0n) is 9.35. The van der Waals surface area contributed by atoms with Gasteiger partial charge in [-0.15, -0.1) is 0 Å². The second-order valence-corrected chi connectivity index (χ2v) is 5.96. The van der Waals surface area contributed by atoms with Gasteiger partial charge >= 0.3 is 5.97 Å². The Morgan fingerprint density at radius 1 is 1.35 bits per heavy atom. The monoisotopic (exact) mass is 268 g/mol. The molecule has 1 saturated heterocycles. The fourth-order valence-electron chi connectivity index (χ4n) is 1.49. The Bertz CT molecular complexity index is 373. The van der Waals surface area contributed by atoms with Crippen molar-refractivity contribution in [1.29, 1.82) is 0 Å². The summed E-state index contributed by atoms with van der Waals surface area (Å²) in [6.45, 7) is -0.512. The summed E-state index contributed by atoms with van der Waals surface area (Å²) in [4.78, 5) is 10.3. The number of β-amino-alcohol motifs (C(OH)–C–C–N with tert-alkyl or cyclic N) is 2. The molecule has 1 aliphatic heterocycles. The first kappa shape index (κ1) is 14.3. The predicted molar refractivity (Wildman–Crippen MR) is 57.4 cm³/mol. The summed E-state index contributed by atoms with van der Waals surface area (Å²) >= 11 is 0. The van der Waals surface area contributed by atoms with Crippen molar-refractivity contribution in [2.24, 2.45) is 0 Å². The molecule has 17 heavy (non-hydrogen) atoms. The van der Waals surface area contributed by atoms with E-state index in [9.17, 15) is 23.4 Å². The standard InChI is InChI=1S/C8H16N2O6S/c1-9(3-2-8(13)14)17(15,16)10-4-6(11)7(12)5-10/h6-7,11-12H,2-5H2,1H3,(H,13,14). The molecule has 1 rings (SSSR count). The van der Waals surface area contributed by atoms with E-state index in [4.69, 9.17) is 5.11 Å². The summed E-state index contributed by atoms with van der Waals surface area (Å²) in [5.74, 6) is -1.09. The van der Waals surface area contributed by atoms with E-state index in [1.165, 1.54) is 7.05 Å². The van der Waals surface area contributed by atoms with E-state index >= 15 is 0 Å². The molecule has 3 N–H and O–H groups in total. The summed E-state index contributed by atoms with van der Waals surface area (Å²) in [6.07, 6.45) is -2.50. The fourth-order valence-corrected chi connectivity index (χ4v) is 2.89. The van der Waals surface area contributed by atoms with Gasteiger partial charge in [0.1, 0.15) is 0 Å². The summed E-state index contributed by atoms with van der Waals surface area (Å²) in [6, 6.07) is 0. The van der Waals surface area contributed by atoms with Crippen LogP contribution in [-0.4, -0.2) is 77.2 Å². The number of rotatable bonds is 5. The largest absolute Gasteiger partial charge is 0.481 e. The van der Waals surface area contributed by atoms with Gasteiger partial charge in [-0.25, -0.2) is 0 Å². The van der Waals surface area contributed by atoms with Gasteiger partial charge in [0, 0.05) is 26.7 Å². The molecule has 1 aliphatic rings. The van der Waals surface area contributed by atoms with Gasteiger partial charge in [-0.2, -0.15) is 17.0 Å². The van der Waals surface area contributed by atoms with Crippen LogP contribution in [-0.2, 0) is 15.0 Å². The van der Waals surface area contributed by atoms with Crippen molar-refractivity contribution < 1.29 is 28.5 Å². The van der Waals surface area contributed by atoms with Crippen LogP contribution in [0, 0.1) is 0 Å². The number of carbonyl (C=O) groups is 1. The number of hydrogen-bond acceptors (Lipinski definition) is 5. The molecular formula is C8H16N2O6S. The quantitative estimate of drug-likeness (QED) is 0.515. The number of aliphatic hydroxyl groups is 2. The zero-order chi connectivity index (χ0) is 13.2. The van der Waals surface area contributed by atoms with Gasteiger partial charge in [-0.05, 0) is 0 Å². The average molecular weight is 268 g/mol. The Kier molecular flexibility index (Phi) is 4.44. The lowest BCUT2D eigenvalue weighted by Crippen LogP contribution is -2.42. The van der Waals surface area contributed by atoms with Crippen molar-refractivity contribution in [2.45, 2.75) is 18.6 Å². The SMILES string of the molecule is CN(CCC(=O)O)S(=O)(=O)N1CC(O)C(O)C1. The molecule has 100 valence electrons. The lowest BCUT2D eigenvalue weighted by molar-refractivity contribution is -0.137. The van der Waals surface area contributed by atoms with E-state index in [1.807, 2.05) is 0 Å². The van der Waals surface area contributed by atoms with Crippen LogP contribution in [0.2, 0.25) is 0 Å². The molecule has 0 amide bonds. The molecule has 0 aromatic carbocycles. The minimum atomic E-state index is -3.82. The van der Waals surface area contributed by atoms with Crippen molar-refractivity contribution in [3.63, 3.8) is 0 Å². The van der Waals surface area contributed by atoms with E-state index < -0.39 is 28.4 Å². The van der Waals surface area contributed by atoms with Gasteiger partial charge in [0.2, 0.25) is 0 Å². The minimum absolute atomic E-state index is 0.152. The Morgan fingerprint density at radius 2 is 1.82 bits per heavy atom. The third-order valence-electron chi connectivity index (χ3n) is 2.59. The number of carboxylic acid groups (broad SMARTS) is 1. The second kappa shape index (κ2) is 5.27. The van der Waals surface area contributed by atoms with Crippen molar-refractivity contribution in [3.8, 4) is 0 Å². The number of hydrogen-bond donors (Lipinski definition) is 3. The normalized spacial score (nSPS) is 26.6. The highest BCUT2D eigenvalue weighted by atomic mass is 32.2. The molecule has 0 aliphatic carbocycles. The molecule has 2 atom stereocenters. The Balaban J connectivity index is 2.65. The van der Waals surface area contributed by atoms with E-state index in [0.29, 0.717) is 0 Å². The van der Waals surface area contributed by atoms with Gasteiger partial charge in [0.05, 0.1) is 18.6 Å². The second-order valence-electron chi connectivity index (χ2n) is 3.92. The minimum Gasteiger partial charge on any atom is -0.481 e. The summed E-state index contributed by atoms with van der Waals surface area (Å²) in [7, 11) is -2.56. The molecule has 0 aromatic rings. The van der Waals surface area contributed by atoms with Gasteiger partial charge in [0.15, 0.2) is 0 Å². The van der Waals surface area contributed by atoms with Crippen LogP contribution in [0.5, 0.6) is 0 Å². The predicted octanol–water partition coefficient (Wildman–Crippen LogP) is -2.32. The topological polar surface area (TPSA) is 118 Å². The zero-order valence-corrected chi connectivity index (χ0v) is 10.2. The van der Waals surface area contributed by atoms with E-state index in [1.54, 1.807) is 0 Å². The van der Waals surface area contributed by atoms with Crippen molar-refractivity contribution in [1.82, 2.24) is 8.61 Å². The summed E-state index contributed by atoms with van der Waals surface area (Å²) < 4.78 is 25.6. The van der Waals surface area contributed by atoms with Crippen LogP contribution in [0.15, 0.2) is 0 Å². The maximum Gasteiger partial charge on any atom is 0.304 e. The molecule has 2 unspecified atom stereocenters. The van der Waals surface area contributed by atoms with Gasteiger partial charge in [-0.1, -0.05) is 0 Å². The Labute approximate surface area is 99.2 Å². The first-order chi connectivity index (χ1) is 7.75. The highest BCUT2D eigenvalue weighted by Crippen LogP contribution is 2.16. The van der Waals surface area contributed by atoms with Crippen molar-refractivity contribution >= 4 is 16.2 Å². The highest BCUT2D eigenvalue weighted by Gasteiger charge is 2.38. The maximum atomic E-state index is 11.9. The van der Waals surface area contributed by atoms with Gasteiger partial charge in [0.25, 0.3) is 10.2 Å². The van der Waals surface area contributed by atoms with Crippen LogP contribution in [0.3, 0.4) is 0 Å². The van der Waals surface area contributed by atoms with Crippen LogP contribution in [0.25, 0.3) is 0 Å². The fraction of sp³-hybridized carbons (Fsp3) is 0.875. The van der Waals surface area contributed by atoms with Crippen LogP contribution in [0.4, 0.5) is 0 Å². The number of aliphatic carboxylic acids is 1. The molecular weight excluding hydrogens is 252 g/mol. The molecule has 1 fully saturated rings. The highest BCUT2D eigenvalue weighted by molar-refractivity contribution is 7.86. The molecule has 0 radical (unpaired) electrons. The first-order valence-corrected chi connectivity index (χ1v) is 6.44. The Morgan fingerprint density at radius 3 is 2.24 bits per heavy atom. The lowest BCUT2D eigenvalue weighted by atomic mass is 10.3. The number of aliphatic hydroxyl groups excluding tert-OH is 2. The van der Waals surface area contributed by atoms with E-state index in [0.717, 1.165) is 8.61 Å². The number of carboxylic acids is 1. The summed E-state index contributed by atoms with van der Waals surface area (Å²) in [5, 5.41) is 27.0. The van der Waals surface area contributed by atoms with Crippen molar-refractivity contribution in [2.75, 3.05) is 26.7 Å². The van der Waals surface area contributed by atoms with Gasteiger partial charge in [-0.3, -0.25) is 4.79 Å². The van der Waals surface area contributed by atoms with E-state index in [2.05, 4.69) is 0 Å². The lowest BCUT2D eigenvalue weighted by Gasteiger charge is -2.23.